The number of nitrogens with one attached hydrogen (secondary N) is 2. The minimum absolute atomic E-state index is 0.533. The molecule has 0 bridgehead atoms. The molecule has 0 aliphatic heterocycles. The Bertz CT molecular complexity index is 244. The van der Waals surface area contributed by atoms with E-state index in [-0.39, 0.29) is 0 Å². The Kier molecular flexibility index (Phi) is 5.91. The van der Waals surface area contributed by atoms with Gasteiger partial charge in [0.1, 0.15) is 0 Å². The lowest BCUT2D eigenvalue weighted by Gasteiger charge is -2.15. The largest absolute Gasteiger partial charge is 0.315 e. The van der Waals surface area contributed by atoms with Crippen LogP contribution in [0.1, 0.15) is 25.6 Å². The number of hydrogen-bond donors (Lipinski definition) is 2. The van der Waals surface area contributed by atoms with E-state index in [2.05, 4.69) is 48.9 Å². The van der Waals surface area contributed by atoms with Crippen molar-refractivity contribution in [3.8, 4) is 0 Å². The summed E-state index contributed by atoms with van der Waals surface area (Å²) in [6, 6.07) is 4.81. The van der Waals surface area contributed by atoms with E-state index >= 15 is 0 Å². The van der Waals surface area contributed by atoms with Gasteiger partial charge in [0.05, 0.1) is 0 Å². The number of thiophene rings is 1. The van der Waals surface area contributed by atoms with Crippen molar-refractivity contribution in [1.82, 2.24) is 10.6 Å². The maximum atomic E-state index is 3.51. The van der Waals surface area contributed by atoms with Crippen molar-refractivity contribution in [3.05, 3.63) is 22.4 Å². The van der Waals surface area contributed by atoms with E-state index in [1.54, 1.807) is 0 Å². The van der Waals surface area contributed by atoms with Crippen molar-refractivity contribution in [2.75, 3.05) is 13.1 Å². The van der Waals surface area contributed by atoms with Crippen LogP contribution in [0.5, 0.6) is 0 Å². The molecule has 0 saturated carbocycles. The minimum Gasteiger partial charge on any atom is -0.315 e. The summed E-state index contributed by atoms with van der Waals surface area (Å²) in [6.45, 7) is 9.82. The van der Waals surface area contributed by atoms with Crippen molar-refractivity contribution in [2.24, 2.45) is 5.92 Å². The first-order chi connectivity index (χ1) is 7.18. The third-order valence-corrected chi connectivity index (χ3v) is 3.08. The zero-order valence-corrected chi connectivity index (χ0v) is 10.7. The Morgan fingerprint density at radius 3 is 2.67 bits per heavy atom. The van der Waals surface area contributed by atoms with Gasteiger partial charge >= 0.3 is 0 Å². The Morgan fingerprint density at radius 2 is 2.07 bits per heavy atom. The monoisotopic (exact) mass is 226 g/mol. The smallest absolute Gasteiger partial charge is 0.0302 e. The SMILES string of the molecule is CC(C)CNCC(C)NCc1cccs1. The molecule has 0 fully saturated rings. The summed E-state index contributed by atoms with van der Waals surface area (Å²) in [7, 11) is 0. The summed E-state index contributed by atoms with van der Waals surface area (Å²) in [4.78, 5) is 1.41. The maximum Gasteiger partial charge on any atom is 0.0302 e. The van der Waals surface area contributed by atoms with Gasteiger partial charge in [0, 0.05) is 24.0 Å². The lowest BCUT2D eigenvalue weighted by molar-refractivity contribution is 0.473. The van der Waals surface area contributed by atoms with Gasteiger partial charge in [-0.2, -0.15) is 0 Å². The Balaban J connectivity index is 2.06. The zero-order valence-electron chi connectivity index (χ0n) is 9.92. The van der Waals surface area contributed by atoms with Crippen LogP contribution in [0.4, 0.5) is 0 Å². The molecule has 2 N–H and O–H groups in total. The fourth-order valence-corrected chi connectivity index (χ4v) is 2.00. The van der Waals surface area contributed by atoms with E-state index in [9.17, 15) is 0 Å². The Hall–Kier alpha value is -0.380. The molecule has 0 amide bonds. The lowest BCUT2D eigenvalue weighted by Crippen LogP contribution is -2.37. The molecule has 86 valence electrons. The summed E-state index contributed by atoms with van der Waals surface area (Å²) < 4.78 is 0. The lowest BCUT2D eigenvalue weighted by atomic mass is 10.2. The van der Waals surface area contributed by atoms with E-state index < -0.39 is 0 Å². The topological polar surface area (TPSA) is 24.1 Å². The van der Waals surface area contributed by atoms with Crippen LogP contribution in [0.3, 0.4) is 0 Å². The van der Waals surface area contributed by atoms with Gasteiger partial charge in [0.15, 0.2) is 0 Å². The molecule has 1 aromatic heterocycles. The molecule has 1 atom stereocenters. The third-order valence-electron chi connectivity index (χ3n) is 2.21. The molecule has 0 spiro atoms. The molecule has 0 aliphatic carbocycles. The second kappa shape index (κ2) is 6.99. The standard InChI is InChI=1S/C12H22N2S/c1-10(2)7-13-8-11(3)14-9-12-5-4-6-15-12/h4-6,10-11,13-14H,7-9H2,1-3H3. The molecule has 1 rings (SSSR count). The highest BCUT2D eigenvalue weighted by Crippen LogP contribution is 2.07. The highest BCUT2D eigenvalue weighted by molar-refractivity contribution is 7.09. The van der Waals surface area contributed by atoms with Crippen molar-refractivity contribution >= 4 is 11.3 Å². The minimum atomic E-state index is 0.533. The molecule has 15 heavy (non-hydrogen) atoms. The molecule has 1 unspecified atom stereocenters. The van der Waals surface area contributed by atoms with Crippen LogP contribution in [0, 0.1) is 5.92 Å². The van der Waals surface area contributed by atoms with E-state index in [4.69, 9.17) is 0 Å². The molecular formula is C12H22N2S. The van der Waals surface area contributed by atoms with Crippen LogP contribution in [-0.2, 0) is 6.54 Å². The fraction of sp³-hybridized carbons (Fsp3) is 0.667. The summed E-state index contributed by atoms with van der Waals surface area (Å²) in [5.41, 5.74) is 0. The van der Waals surface area contributed by atoms with Gasteiger partial charge in [-0.25, -0.2) is 0 Å². The first kappa shape index (κ1) is 12.7. The van der Waals surface area contributed by atoms with Crippen LogP contribution in [0.15, 0.2) is 17.5 Å². The molecule has 0 radical (unpaired) electrons. The van der Waals surface area contributed by atoms with Crippen molar-refractivity contribution in [2.45, 2.75) is 33.4 Å². The third kappa shape index (κ3) is 5.92. The normalized spacial score (nSPS) is 13.3. The molecule has 2 nitrogen and oxygen atoms in total. The zero-order chi connectivity index (χ0) is 11.1. The molecule has 0 aliphatic rings. The summed E-state index contributed by atoms with van der Waals surface area (Å²) >= 11 is 1.81. The second-order valence-electron chi connectivity index (χ2n) is 4.41. The highest BCUT2D eigenvalue weighted by atomic mass is 32.1. The van der Waals surface area contributed by atoms with Crippen LogP contribution in [0.25, 0.3) is 0 Å². The molecule has 0 aromatic carbocycles. The van der Waals surface area contributed by atoms with Crippen molar-refractivity contribution in [1.29, 1.82) is 0 Å². The van der Waals surface area contributed by atoms with Gasteiger partial charge in [-0.1, -0.05) is 19.9 Å². The predicted molar refractivity (Wildman–Crippen MR) is 68.3 cm³/mol. The Labute approximate surface area is 97.1 Å². The second-order valence-corrected chi connectivity index (χ2v) is 5.45. The summed E-state index contributed by atoms with van der Waals surface area (Å²) in [5.74, 6) is 0.731. The number of rotatable bonds is 7. The van der Waals surface area contributed by atoms with Gasteiger partial charge in [-0.3, -0.25) is 0 Å². The maximum absolute atomic E-state index is 3.51. The summed E-state index contributed by atoms with van der Waals surface area (Å²) in [5, 5.41) is 9.09. The Morgan fingerprint density at radius 1 is 1.27 bits per heavy atom. The number of hydrogen-bond acceptors (Lipinski definition) is 3. The van der Waals surface area contributed by atoms with E-state index in [0.717, 1.165) is 25.6 Å². The molecule has 0 saturated heterocycles. The first-order valence-corrected chi connectivity index (χ1v) is 6.53. The molecule has 3 heteroatoms. The van der Waals surface area contributed by atoms with E-state index in [0.29, 0.717) is 6.04 Å². The van der Waals surface area contributed by atoms with Crippen LogP contribution in [-0.4, -0.2) is 19.1 Å². The molecule has 1 heterocycles. The average Bonchev–Trinajstić information content (AvgIpc) is 2.66. The molecular weight excluding hydrogens is 204 g/mol. The van der Waals surface area contributed by atoms with Crippen molar-refractivity contribution < 1.29 is 0 Å². The average molecular weight is 226 g/mol. The van der Waals surface area contributed by atoms with Gasteiger partial charge < -0.3 is 10.6 Å². The van der Waals surface area contributed by atoms with Crippen LogP contribution in [0.2, 0.25) is 0 Å². The quantitative estimate of drug-likeness (QED) is 0.746. The molecule has 1 aromatic rings. The van der Waals surface area contributed by atoms with Crippen LogP contribution < -0.4 is 10.6 Å². The fourth-order valence-electron chi connectivity index (χ4n) is 1.35. The van der Waals surface area contributed by atoms with E-state index in [1.165, 1.54) is 4.88 Å². The summed E-state index contributed by atoms with van der Waals surface area (Å²) in [6.07, 6.45) is 0. The van der Waals surface area contributed by atoms with E-state index in [1.807, 2.05) is 11.3 Å². The highest BCUT2D eigenvalue weighted by Gasteiger charge is 2.01. The first-order valence-electron chi connectivity index (χ1n) is 5.65. The van der Waals surface area contributed by atoms with Crippen molar-refractivity contribution in [3.63, 3.8) is 0 Å². The van der Waals surface area contributed by atoms with Gasteiger partial charge in [-0.15, -0.1) is 11.3 Å². The van der Waals surface area contributed by atoms with Gasteiger partial charge in [-0.05, 0) is 30.8 Å². The van der Waals surface area contributed by atoms with Gasteiger partial charge in [0.2, 0.25) is 0 Å². The predicted octanol–water partition coefficient (Wildman–Crippen LogP) is 2.47. The van der Waals surface area contributed by atoms with Gasteiger partial charge in [0.25, 0.3) is 0 Å². The van der Waals surface area contributed by atoms with Crippen LogP contribution >= 0.6 is 11.3 Å².